The Morgan fingerprint density at radius 3 is 1.51 bits per heavy atom. The molecule has 8 atom stereocenters. The summed E-state index contributed by atoms with van der Waals surface area (Å²) in [6, 6.07) is 0. The van der Waals surface area contributed by atoms with Crippen LogP contribution in [0.4, 0.5) is 0 Å². The van der Waals surface area contributed by atoms with Crippen molar-refractivity contribution in [1.29, 1.82) is 0 Å². The van der Waals surface area contributed by atoms with E-state index in [0.717, 1.165) is 64.2 Å². The monoisotopic (exact) mass is 752 g/mol. The highest BCUT2D eigenvalue weighted by Crippen LogP contribution is 2.47. The molecule has 14 heteroatoms. The first kappa shape index (κ1) is 47.6. The first-order chi connectivity index (χ1) is 24.4. The van der Waals surface area contributed by atoms with E-state index in [1.165, 1.54) is 51.4 Å². The van der Waals surface area contributed by atoms with E-state index in [0.29, 0.717) is 12.8 Å². The van der Waals surface area contributed by atoms with Crippen LogP contribution in [0.2, 0.25) is 0 Å². The van der Waals surface area contributed by atoms with Crippen molar-refractivity contribution in [2.45, 2.75) is 198 Å². The van der Waals surface area contributed by atoms with E-state index < -0.39 is 75.7 Å². The molecule has 0 bridgehead atoms. The number of hydrogen-bond acceptors (Lipinski definition) is 12. The summed E-state index contributed by atoms with van der Waals surface area (Å²) in [5.41, 5.74) is 0. The largest absolute Gasteiger partial charge is 0.472 e. The lowest BCUT2D eigenvalue weighted by Gasteiger charge is -2.41. The Balaban J connectivity index is 2.48. The normalized spacial score (nSPS) is 24.0. The molecule has 6 N–H and O–H groups in total. The highest BCUT2D eigenvalue weighted by atomic mass is 31.2. The van der Waals surface area contributed by atoms with E-state index in [9.17, 15) is 44.6 Å². The van der Waals surface area contributed by atoms with Crippen molar-refractivity contribution in [2.75, 3.05) is 13.2 Å². The van der Waals surface area contributed by atoms with Gasteiger partial charge in [-0.2, -0.15) is 0 Å². The number of phosphoric acid groups is 1. The quantitative estimate of drug-likeness (QED) is 0.0210. The third-order valence-corrected chi connectivity index (χ3v) is 10.1. The SMILES string of the molecule is CCCCCC/C=C/CCCCCCCCCC(=O)OC[C@@H](COP(=O)(O)OC1C(O)C(O)C(O)[C@H](O)C1O)OC(=O)CCCCCCCCC. The van der Waals surface area contributed by atoms with Crippen molar-refractivity contribution in [3.63, 3.8) is 0 Å². The fraction of sp³-hybridized carbons (Fsp3) is 0.892. The minimum atomic E-state index is -5.10. The predicted octanol–water partition coefficient (Wildman–Crippen LogP) is 5.94. The zero-order valence-corrected chi connectivity index (χ0v) is 32.0. The highest BCUT2D eigenvalue weighted by Gasteiger charge is 2.51. The zero-order chi connectivity index (χ0) is 37.9. The molecule has 0 aliphatic heterocycles. The Hall–Kier alpha value is -1.41. The van der Waals surface area contributed by atoms with E-state index in [1.807, 2.05) is 0 Å². The molecule has 1 rings (SSSR count). The molecule has 6 unspecified atom stereocenters. The number of rotatable bonds is 31. The van der Waals surface area contributed by atoms with Crippen LogP contribution < -0.4 is 0 Å². The molecule has 0 amide bonds. The molecular weight excluding hydrogens is 683 g/mol. The van der Waals surface area contributed by atoms with Gasteiger partial charge >= 0.3 is 19.8 Å². The summed E-state index contributed by atoms with van der Waals surface area (Å²) in [7, 11) is -5.10. The van der Waals surface area contributed by atoms with Crippen LogP contribution in [0.5, 0.6) is 0 Å². The molecule has 1 fully saturated rings. The van der Waals surface area contributed by atoms with Crippen molar-refractivity contribution < 1.29 is 63.1 Å². The van der Waals surface area contributed by atoms with Crippen LogP contribution in [0.15, 0.2) is 12.2 Å². The molecule has 0 spiro atoms. The van der Waals surface area contributed by atoms with Gasteiger partial charge in [-0.25, -0.2) is 4.57 Å². The fourth-order valence-corrected chi connectivity index (χ4v) is 6.84. The summed E-state index contributed by atoms with van der Waals surface area (Å²) in [5.74, 6) is -1.11. The number of carbonyl (C=O) groups is 2. The van der Waals surface area contributed by atoms with Gasteiger partial charge in [0.2, 0.25) is 0 Å². The number of allylic oxidation sites excluding steroid dienone is 2. The van der Waals surface area contributed by atoms with Gasteiger partial charge in [-0.05, 0) is 38.5 Å². The van der Waals surface area contributed by atoms with E-state index in [4.69, 9.17) is 18.5 Å². The molecule has 51 heavy (non-hydrogen) atoms. The van der Waals surface area contributed by atoms with Crippen LogP contribution in [0.1, 0.15) is 155 Å². The fourth-order valence-electron chi connectivity index (χ4n) is 5.87. The maximum absolute atomic E-state index is 12.7. The lowest BCUT2D eigenvalue weighted by molar-refractivity contribution is -0.220. The Morgan fingerprint density at radius 1 is 0.588 bits per heavy atom. The summed E-state index contributed by atoms with van der Waals surface area (Å²) in [6.45, 7) is 3.19. The van der Waals surface area contributed by atoms with Gasteiger partial charge in [0.15, 0.2) is 6.10 Å². The number of aliphatic hydroxyl groups is 5. The minimum absolute atomic E-state index is 0.0971. The van der Waals surface area contributed by atoms with Crippen LogP contribution >= 0.6 is 7.82 Å². The van der Waals surface area contributed by atoms with Crippen molar-refractivity contribution in [3.8, 4) is 0 Å². The van der Waals surface area contributed by atoms with Crippen LogP contribution in [0.3, 0.4) is 0 Å². The Bertz CT molecular complexity index is 964. The van der Waals surface area contributed by atoms with Gasteiger partial charge in [0.05, 0.1) is 6.61 Å². The average molecular weight is 753 g/mol. The number of aliphatic hydroxyl groups excluding tert-OH is 5. The average Bonchev–Trinajstić information content (AvgIpc) is 3.10. The third kappa shape index (κ3) is 22.4. The maximum atomic E-state index is 12.7. The van der Waals surface area contributed by atoms with Crippen molar-refractivity contribution in [2.24, 2.45) is 0 Å². The molecule has 1 aliphatic rings. The molecule has 1 saturated carbocycles. The van der Waals surface area contributed by atoms with Gasteiger partial charge in [0.25, 0.3) is 0 Å². The Kier molecular flexibility index (Phi) is 27.1. The molecular formula is C37H69O13P. The molecule has 0 aromatic rings. The molecule has 0 heterocycles. The smallest absolute Gasteiger partial charge is 0.462 e. The maximum Gasteiger partial charge on any atom is 0.472 e. The number of hydrogen-bond donors (Lipinski definition) is 6. The second-order valence-corrected chi connectivity index (χ2v) is 15.2. The van der Waals surface area contributed by atoms with Gasteiger partial charge < -0.3 is 39.9 Å². The van der Waals surface area contributed by atoms with E-state index >= 15 is 0 Å². The van der Waals surface area contributed by atoms with Crippen LogP contribution in [-0.4, -0.2) is 98.3 Å². The van der Waals surface area contributed by atoms with Gasteiger partial charge in [-0.1, -0.05) is 116 Å². The lowest BCUT2D eigenvalue weighted by atomic mass is 9.85. The number of unbranched alkanes of at least 4 members (excludes halogenated alkanes) is 17. The van der Waals surface area contributed by atoms with E-state index in [-0.39, 0.29) is 12.8 Å². The molecule has 0 saturated heterocycles. The van der Waals surface area contributed by atoms with Crippen molar-refractivity contribution in [3.05, 3.63) is 12.2 Å². The molecule has 300 valence electrons. The van der Waals surface area contributed by atoms with Gasteiger partial charge in [0, 0.05) is 12.8 Å². The van der Waals surface area contributed by atoms with Crippen LogP contribution in [-0.2, 0) is 32.7 Å². The lowest BCUT2D eigenvalue weighted by Crippen LogP contribution is -2.64. The molecule has 1 aliphatic carbocycles. The predicted molar refractivity (Wildman–Crippen MR) is 194 cm³/mol. The number of esters is 2. The number of ether oxygens (including phenoxy) is 2. The standard InChI is InChI=1S/C37H69O13P/c1-3-5-7-9-11-12-13-14-15-16-17-18-20-21-23-25-30(38)47-27-29(49-31(39)26-24-22-19-10-8-6-4-2)28-48-51(45,46)50-37-35(43)33(41)32(40)34(42)36(37)44/h12-13,29,32-37,40-44H,3-11,14-28H2,1-2H3,(H,45,46)/b13-12+/t29-,32?,33-,34?,35?,36?,37?/m0/s1. The second kappa shape index (κ2) is 29.0. The van der Waals surface area contributed by atoms with E-state index in [2.05, 4.69) is 26.0 Å². The third-order valence-electron chi connectivity index (χ3n) is 9.11. The molecule has 13 nitrogen and oxygen atoms in total. The number of phosphoric ester groups is 1. The summed E-state index contributed by atoms with van der Waals surface area (Å²) in [4.78, 5) is 35.3. The van der Waals surface area contributed by atoms with Crippen LogP contribution in [0, 0.1) is 0 Å². The highest BCUT2D eigenvalue weighted by molar-refractivity contribution is 7.47. The van der Waals surface area contributed by atoms with E-state index in [1.54, 1.807) is 0 Å². The minimum Gasteiger partial charge on any atom is -0.462 e. The van der Waals surface area contributed by atoms with Crippen molar-refractivity contribution in [1.82, 2.24) is 0 Å². The first-order valence-electron chi connectivity index (χ1n) is 19.5. The first-order valence-corrected chi connectivity index (χ1v) is 21.0. The summed E-state index contributed by atoms with van der Waals surface area (Å²) in [6.07, 6.45) is 13.2. The molecule has 0 aromatic carbocycles. The van der Waals surface area contributed by atoms with Crippen LogP contribution in [0.25, 0.3) is 0 Å². The molecule has 0 radical (unpaired) electrons. The summed E-state index contributed by atoms with van der Waals surface area (Å²) < 4.78 is 33.2. The zero-order valence-electron chi connectivity index (χ0n) is 31.2. The van der Waals surface area contributed by atoms with Crippen molar-refractivity contribution >= 4 is 19.8 Å². The Labute approximate surface area is 305 Å². The topological polar surface area (TPSA) is 210 Å². The van der Waals surface area contributed by atoms with Gasteiger partial charge in [0.1, 0.15) is 43.2 Å². The van der Waals surface area contributed by atoms with Gasteiger partial charge in [-0.3, -0.25) is 18.6 Å². The number of carbonyl (C=O) groups excluding carboxylic acids is 2. The summed E-state index contributed by atoms with van der Waals surface area (Å²) >= 11 is 0. The molecule has 0 aromatic heterocycles. The Morgan fingerprint density at radius 2 is 1.00 bits per heavy atom. The summed E-state index contributed by atoms with van der Waals surface area (Å²) in [5, 5.41) is 49.8. The second-order valence-electron chi connectivity index (χ2n) is 13.8. The van der Waals surface area contributed by atoms with Gasteiger partial charge in [-0.15, -0.1) is 0 Å².